The molecule has 4 rings (SSSR count). The highest BCUT2D eigenvalue weighted by Crippen LogP contribution is 2.23. The summed E-state index contributed by atoms with van der Waals surface area (Å²) in [7, 11) is 1.66. The van der Waals surface area contributed by atoms with E-state index in [9.17, 15) is 18.4 Å². The molecular weight excluding hydrogens is 404 g/mol. The zero-order chi connectivity index (χ0) is 22.0. The monoisotopic (exact) mass is 427 g/mol. The molecule has 2 aliphatic heterocycles. The average molecular weight is 427 g/mol. The van der Waals surface area contributed by atoms with E-state index < -0.39 is 11.6 Å². The first-order valence-corrected chi connectivity index (χ1v) is 10.1. The summed E-state index contributed by atoms with van der Waals surface area (Å²) in [5.41, 5.74) is 1.11. The Bertz CT molecular complexity index is 999. The van der Waals surface area contributed by atoms with Crippen molar-refractivity contribution in [3.05, 3.63) is 65.2 Å². The Hall–Kier alpha value is -3.49. The van der Waals surface area contributed by atoms with Gasteiger partial charge in [-0.3, -0.25) is 19.5 Å². The fourth-order valence-corrected chi connectivity index (χ4v) is 3.94. The minimum absolute atomic E-state index is 0.222. The molecule has 0 saturated carbocycles. The highest BCUT2D eigenvalue weighted by molar-refractivity contribution is 6.21. The molecule has 2 aromatic carbocycles. The number of rotatable bonds is 4. The number of hydrogen-bond acceptors (Lipinski definition) is 4. The molecule has 2 heterocycles. The lowest BCUT2D eigenvalue weighted by molar-refractivity contribution is 0.0657. The first kappa shape index (κ1) is 20.8. The summed E-state index contributed by atoms with van der Waals surface area (Å²) >= 11 is 0. The Kier molecular flexibility index (Phi) is 5.83. The van der Waals surface area contributed by atoms with Crippen LogP contribution in [0, 0.1) is 11.6 Å². The molecule has 0 radical (unpaired) electrons. The predicted octanol–water partition coefficient (Wildman–Crippen LogP) is 1.96. The standard InChI is InChI=1S/C22H23F2N5O2/c1-25-22(26-8-9-29-20(30)16-4-2-3-5-17(16)21(29)31)28-12-10-27(11-13-28)19-14-15(23)6-7-18(19)24/h2-7,14H,8-13H2,1H3,(H,25,26). The van der Waals surface area contributed by atoms with Gasteiger partial charge in [-0.25, -0.2) is 8.78 Å². The molecule has 1 N–H and O–H groups in total. The number of imide groups is 1. The number of nitrogens with one attached hydrogen (secondary N) is 1. The third-order valence-corrected chi connectivity index (χ3v) is 5.54. The van der Waals surface area contributed by atoms with Crippen LogP contribution in [0.15, 0.2) is 47.5 Å². The molecule has 2 aromatic rings. The maximum Gasteiger partial charge on any atom is 0.261 e. The summed E-state index contributed by atoms with van der Waals surface area (Å²) in [5.74, 6) is -0.856. The predicted molar refractivity (Wildman–Crippen MR) is 113 cm³/mol. The van der Waals surface area contributed by atoms with E-state index in [4.69, 9.17) is 0 Å². The van der Waals surface area contributed by atoms with Crippen LogP contribution in [0.1, 0.15) is 20.7 Å². The van der Waals surface area contributed by atoms with E-state index in [-0.39, 0.29) is 24.0 Å². The fourth-order valence-electron chi connectivity index (χ4n) is 3.94. The number of hydrogen-bond donors (Lipinski definition) is 1. The van der Waals surface area contributed by atoms with E-state index in [0.717, 1.165) is 12.1 Å². The minimum atomic E-state index is -0.468. The Morgan fingerprint density at radius 1 is 1.00 bits per heavy atom. The molecule has 0 aliphatic carbocycles. The Balaban J connectivity index is 1.30. The number of benzene rings is 2. The lowest BCUT2D eigenvalue weighted by Gasteiger charge is -2.37. The summed E-state index contributed by atoms with van der Waals surface area (Å²) < 4.78 is 27.5. The van der Waals surface area contributed by atoms with Gasteiger partial charge in [0.1, 0.15) is 11.6 Å². The summed E-state index contributed by atoms with van der Waals surface area (Å²) in [5, 5.41) is 3.19. The molecule has 2 aliphatic rings. The van der Waals surface area contributed by atoms with Crippen molar-refractivity contribution in [3.63, 3.8) is 0 Å². The number of anilines is 1. The third kappa shape index (κ3) is 4.08. The number of nitrogens with zero attached hydrogens (tertiary/aromatic N) is 4. The van der Waals surface area contributed by atoms with E-state index in [1.54, 1.807) is 36.2 Å². The van der Waals surface area contributed by atoms with Gasteiger partial charge in [0.2, 0.25) is 0 Å². The van der Waals surface area contributed by atoms with Gasteiger partial charge in [0.15, 0.2) is 5.96 Å². The molecule has 1 fully saturated rings. The number of carbonyl (C=O) groups is 2. The molecule has 0 atom stereocenters. The van der Waals surface area contributed by atoms with Gasteiger partial charge in [-0.05, 0) is 24.3 Å². The summed E-state index contributed by atoms with van der Waals surface area (Å²) in [6, 6.07) is 10.2. The van der Waals surface area contributed by atoms with Crippen LogP contribution in [0.25, 0.3) is 0 Å². The normalized spacial score (nSPS) is 16.7. The van der Waals surface area contributed by atoms with E-state index in [1.165, 1.54) is 11.0 Å². The Labute approximate surface area is 179 Å². The third-order valence-electron chi connectivity index (χ3n) is 5.54. The van der Waals surface area contributed by atoms with Gasteiger partial charge in [0.25, 0.3) is 11.8 Å². The van der Waals surface area contributed by atoms with Crippen LogP contribution in [0.4, 0.5) is 14.5 Å². The number of amides is 2. The second-order valence-electron chi connectivity index (χ2n) is 7.35. The van der Waals surface area contributed by atoms with E-state index in [0.29, 0.717) is 49.8 Å². The molecule has 9 heteroatoms. The molecule has 31 heavy (non-hydrogen) atoms. The zero-order valence-corrected chi connectivity index (χ0v) is 17.1. The van der Waals surface area contributed by atoms with Crippen LogP contribution in [-0.2, 0) is 0 Å². The van der Waals surface area contributed by atoms with Crippen molar-refractivity contribution >= 4 is 23.5 Å². The number of halogens is 2. The quantitative estimate of drug-likeness (QED) is 0.459. The molecule has 2 amide bonds. The molecule has 0 aromatic heterocycles. The van der Waals surface area contributed by atoms with Crippen LogP contribution in [-0.4, -0.2) is 73.9 Å². The van der Waals surface area contributed by atoms with Crippen molar-refractivity contribution in [2.45, 2.75) is 0 Å². The van der Waals surface area contributed by atoms with Gasteiger partial charge in [-0.15, -0.1) is 0 Å². The first-order valence-electron chi connectivity index (χ1n) is 10.1. The largest absolute Gasteiger partial charge is 0.366 e. The lowest BCUT2D eigenvalue weighted by atomic mass is 10.1. The average Bonchev–Trinajstić information content (AvgIpc) is 3.03. The van der Waals surface area contributed by atoms with Gasteiger partial charge in [0, 0.05) is 52.4 Å². The molecule has 0 unspecified atom stereocenters. The van der Waals surface area contributed by atoms with Crippen molar-refractivity contribution in [1.29, 1.82) is 0 Å². The Morgan fingerprint density at radius 3 is 2.26 bits per heavy atom. The van der Waals surface area contributed by atoms with E-state index >= 15 is 0 Å². The molecule has 162 valence electrons. The highest BCUT2D eigenvalue weighted by Gasteiger charge is 2.34. The number of guanidine groups is 1. The lowest BCUT2D eigenvalue weighted by Crippen LogP contribution is -2.53. The molecule has 7 nitrogen and oxygen atoms in total. The van der Waals surface area contributed by atoms with Crippen LogP contribution in [0.3, 0.4) is 0 Å². The van der Waals surface area contributed by atoms with Crippen molar-refractivity contribution in [1.82, 2.24) is 15.1 Å². The van der Waals surface area contributed by atoms with Gasteiger partial charge in [-0.1, -0.05) is 12.1 Å². The second kappa shape index (κ2) is 8.71. The fraction of sp³-hybridized carbons (Fsp3) is 0.318. The number of aliphatic imine (C=N–C) groups is 1. The second-order valence-corrected chi connectivity index (χ2v) is 7.35. The first-order chi connectivity index (χ1) is 15.0. The van der Waals surface area contributed by atoms with Crippen LogP contribution < -0.4 is 10.2 Å². The molecule has 0 bridgehead atoms. The van der Waals surface area contributed by atoms with Gasteiger partial charge < -0.3 is 15.1 Å². The maximum atomic E-state index is 14.0. The van der Waals surface area contributed by atoms with Crippen molar-refractivity contribution < 1.29 is 18.4 Å². The summed E-state index contributed by atoms with van der Waals surface area (Å²) in [6.45, 7) is 2.75. The van der Waals surface area contributed by atoms with Gasteiger partial charge >= 0.3 is 0 Å². The maximum absolute atomic E-state index is 14.0. The molecular formula is C22H23F2N5O2. The van der Waals surface area contributed by atoms with E-state index in [1.807, 2.05) is 4.90 Å². The number of piperazine rings is 1. The topological polar surface area (TPSA) is 68.2 Å². The molecule has 1 saturated heterocycles. The van der Waals surface area contributed by atoms with Crippen molar-refractivity contribution in [2.75, 3.05) is 51.2 Å². The Morgan fingerprint density at radius 2 is 1.65 bits per heavy atom. The highest BCUT2D eigenvalue weighted by atomic mass is 19.1. The summed E-state index contributed by atoms with van der Waals surface area (Å²) in [6.07, 6.45) is 0. The number of carbonyl (C=O) groups excluding carboxylic acids is 2. The van der Waals surface area contributed by atoms with Crippen LogP contribution in [0.2, 0.25) is 0 Å². The smallest absolute Gasteiger partial charge is 0.261 e. The van der Waals surface area contributed by atoms with Crippen LogP contribution in [0.5, 0.6) is 0 Å². The SMILES string of the molecule is CN=C(NCCN1C(=O)c2ccccc2C1=O)N1CCN(c2cc(F)ccc2F)CC1. The van der Waals surface area contributed by atoms with Crippen LogP contribution >= 0.6 is 0 Å². The summed E-state index contributed by atoms with van der Waals surface area (Å²) in [4.78, 5) is 34.2. The van der Waals surface area contributed by atoms with Gasteiger partial charge in [-0.2, -0.15) is 0 Å². The van der Waals surface area contributed by atoms with Crippen molar-refractivity contribution in [3.8, 4) is 0 Å². The zero-order valence-electron chi connectivity index (χ0n) is 17.1. The number of fused-ring (bicyclic) bond motifs is 1. The van der Waals surface area contributed by atoms with E-state index in [2.05, 4.69) is 10.3 Å². The van der Waals surface area contributed by atoms with Gasteiger partial charge in [0.05, 0.1) is 16.8 Å². The molecule has 0 spiro atoms. The minimum Gasteiger partial charge on any atom is -0.366 e. The van der Waals surface area contributed by atoms with Crippen molar-refractivity contribution in [2.24, 2.45) is 4.99 Å².